The van der Waals surface area contributed by atoms with E-state index in [2.05, 4.69) is 0 Å². The molecule has 4 amide bonds. The molecule has 0 spiro atoms. The lowest BCUT2D eigenvalue weighted by atomic mass is 9.51. The predicted octanol–water partition coefficient (Wildman–Crippen LogP) is 6.19. The maximum absolute atomic E-state index is 14.5. The fourth-order valence-corrected chi connectivity index (χ4v) is 8.48. The number of carbonyl (C=O) groups excluding carboxylic acids is 4. The Morgan fingerprint density at radius 2 is 1.65 bits per heavy atom. The van der Waals surface area contributed by atoms with E-state index in [1.807, 2.05) is 25.1 Å². The molecule has 0 radical (unpaired) electrons. The highest BCUT2D eigenvalue weighted by atomic mass is 35.5. The van der Waals surface area contributed by atoms with E-state index in [9.17, 15) is 28.7 Å². The molecule has 236 valence electrons. The van der Waals surface area contributed by atoms with Crippen molar-refractivity contribution in [3.63, 3.8) is 0 Å². The number of hydrogen-bond donors (Lipinski definition) is 1. The second-order valence-corrected chi connectivity index (χ2v) is 13.1. The van der Waals surface area contributed by atoms with Gasteiger partial charge in [0.05, 0.1) is 46.7 Å². The zero-order chi connectivity index (χ0) is 32.7. The number of hydrogen-bond acceptors (Lipinski definition) is 6. The number of methoxy groups -OCH3 is 1. The topological polar surface area (TPSA) is 104 Å². The molecule has 46 heavy (non-hydrogen) atoms. The maximum atomic E-state index is 14.5. The molecule has 6 unspecified atom stereocenters. The van der Waals surface area contributed by atoms with Gasteiger partial charge >= 0.3 is 0 Å². The number of anilines is 2. The number of phenolic OH excluding ortho intramolecular Hbond substituents is 1. The molecule has 8 nitrogen and oxygen atoms in total. The molecule has 3 fully saturated rings. The van der Waals surface area contributed by atoms with Crippen LogP contribution in [0.3, 0.4) is 0 Å². The van der Waals surface area contributed by atoms with Gasteiger partial charge in [0, 0.05) is 17.5 Å². The number of phenols is 1. The minimum atomic E-state index is -1.33. The third-order valence-corrected chi connectivity index (χ3v) is 10.9. The van der Waals surface area contributed by atoms with Crippen molar-refractivity contribution in [2.45, 2.75) is 39.0 Å². The number of halogens is 2. The number of fused-ring (bicyclic) bond motifs is 4. The largest absolute Gasteiger partial charge is 0.508 e. The molecule has 2 heterocycles. The highest BCUT2D eigenvalue weighted by molar-refractivity contribution is 6.32. The van der Waals surface area contributed by atoms with Crippen LogP contribution in [-0.2, 0) is 25.6 Å². The lowest BCUT2D eigenvalue weighted by Gasteiger charge is -2.49. The zero-order valence-electron chi connectivity index (χ0n) is 25.5. The first kappa shape index (κ1) is 30.2. The monoisotopic (exact) mass is 642 g/mol. The van der Waals surface area contributed by atoms with Crippen molar-refractivity contribution in [2.24, 2.45) is 29.1 Å². The maximum Gasteiger partial charge on any atom is 0.241 e. The van der Waals surface area contributed by atoms with Crippen LogP contribution in [0.25, 0.3) is 0 Å². The number of benzene rings is 3. The third kappa shape index (κ3) is 4.17. The van der Waals surface area contributed by atoms with Gasteiger partial charge in [-0.05, 0) is 74.1 Å². The molecular weight excluding hydrogens is 611 g/mol. The van der Waals surface area contributed by atoms with Crippen molar-refractivity contribution in [1.29, 1.82) is 0 Å². The summed E-state index contributed by atoms with van der Waals surface area (Å²) in [6.07, 6.45) is 3.23. The van der Waals surface area contributed by atoms with Crippen LogP contribution in [0.4, 0.5) is 15.8 Å². The average molecular weight is 643 g/mol. The minimum absolute atomic E-state index is 0.0370. The standard InChI is InChI=1S/C36H32ClFN2O6/c1-4-18-5-7-19(8-6-18)39-32(42)24-13-12-22-25(30(24)34(39)44)17-26-33(43)40(20-9-14-28(38)27(37)15-20)35(45)36(26,2)31(22)23-11-10-21(41)16-29(23)46-3/h5-12,14-16,24-26,30-31,41H,4,13,17H2,1-3H3. The number of imide groups is 2. The minimum Gasteiger partial charge on any atom is -0.508 e. The van der Waals surface area contributed by atoms with E-state index in [0.717, 1.165) is 28.5 Å². The number of amides is 4. The number of nitrogens with zero attached hydrogens (tertiary/aromatic N) is 2. The fourth-order valence-electron chi connectivity index (χ4n) is 8.30. The van der Waals surface area contributed by atoms with Gasteiger partial charge in [-0.2, -0.15) is 0 Å². The molecule has 1 N–H and O–H groups in total. The van der Waals surface area contributed by atoms with Gasteiger partial charge in [-0.3, -0.25) is 24.1 Å². The summed E-state index contributed by atoms with van der Waals surface area (Å²) in [5.41, 5.74) is 1.76. The summed E-state index contributed by atoms with van der Waals surface area (Å²) < 4.78 is 19.8. The molecule has 10 heteroatoms. The quantitative estimate of drug-likeness (QED) is 0.263. The lowest BCUT2D eigenvalue weighted by molar-refractivity contribution is -0.131. The van der Waals surface area contributed by atoms with E-state index in [0.29, 0.717) is 23.4 Å². The second kappa shape index (κ2) is 10.8. The number of rotatable bonds is 5. The second-order valence-electron chi connectivity index (χ2n) is 12.7. The summed E-state index contributed by atoms with van der Waals surface area (Å²) in [7, 11) is 1.46. The Morgan fingerprint density at radius 3 is 2.33 bits per heavy atom. The molecule has 0 bridgehead atoms. The van der Waals surface area contributed by atoms with Crippen molar-refractivity contribution in [3.05, 3.63) is 94.3 Å². The van der Waals surface area contributed by atoms with E-state index < -0.39 is 52.6 Å². The van der Waals surface area contributed by atoms with Gasteiger partial charge < -0.3 is 9.84 Å². The number of carbonyl (C=O) groups is 4. The van der Waals surface area contributed by atoms with Crippen LogP contribution in [-0.4, -0.2) is 35.8 Å². The first-order valence-electron chi connectivity index (χ1n) is 15.4. The third-order valence-electron chi connectivity index (χ3n) is 10.6. The van der Waals surface area contributed by atoms with Crippen molar-refractivity contribution < 1.29 is 33.4 Å². The van der Waals surface area contributed by atoms with Crippen LogP contribution < -0.4 is 14.5 Å². The molecule has 3 aromatic carbocycles. The number of ether oxygens (including phenoxy) is 1. The summed E-state index contributed by atoms with van der Waals surface area (Å²) in [5.74, 6) is -5.45. The van der Waals surface area contributed by atoms with E-state index in [1.165, 1.54) is 36.3 Å². The van der Waals surface area contributed by atoms with Crippen molar-refractivity contribution >= 4 is 46.6 Å². The molecule has 2 aliphatic heterocycles. The Balaban J connectivity index is 1.37. The van der Waals surface area contributed by atoms with Crippen LogP contribution in [0.15, 0.2) is 72.3 Å². The molecule has 7 rings (SSSR count). The van der Waals surface area contributed by atoms with Gasteiger partial charge in [0.15, 0.2) is 0 Å². The summed E-state index contributed by atoms with van der Waals surface area (Å²) >= 11 is 6.08. The zero-order valence-corrected chi connectivity index (χ0v) is 26.3. The molecule has 6 atom stereocenters. The first-order chi connectivity index (χ1) is 22.0. The van der Waals surface area contributed by atoms with Crippen molar-refractivity contribution in [2.75, 3.05) is 16.9 Å². The lowest BCUT2D eigenvalue weighted by Crippen LogP contribution is -2.49. The van der Waals surface area contributed by atoms with E-state index in [1.54, 1.807) is 25.1 Å². The summed E-state index contributed by atoms with van der Waals surface area (Å²) in [5, 5.41) is 10.1. The Labute approximate surface area is 270 Å². The molecule has 2 aliphatic carbocycles. The molecular formula is C36H32ClFN2O6. The molecule has 4 aliphatic rings. The van der Waals surface area contributed by atoms with Gasteiger partial charge in [-0.15, -0.1) is 0 Å². The fraction of sp³-hybridized carbons (Fsp3) is 0.333. The van der Waals surface area contributed by atoms with Crippen LogP contribution >= 0.6 is 11.6 Å². The summed E-state index contributed by atoms with van der Waals surface area (Å²) in [4.78, 5) is 59.3. The SMILES string of the molecule is CCc1ccc(N2C(=O)C3CC=C4C(CC5C(=O)N(c6ccc(F)c(Cl)c6)C(=O)C5(C)C4c4ccc(O)cc4OC)C3C2=O)cc1. The van der Waals surface area contributed by atoms with Gasteiger partial charge in [-0.25, -0.2) is 9.29 Å². The first-order valence-corrected chi connectivity index (χ1v) is 15.8. The van der Waals surface area contributed by atoms with Crippen LogP contribution in [0.5, 0.6) is 11.5 Å². The average Bonchev–Trinajstić information content (AvgIpc) is 3.42. The number of aromatic hydroxyl groups is 1. The van der Waals surface area contributed by atoms with E-state index >= 15 is 0 Å². The summed E-state index contributed by atoms with van der Waals surface area (Å²) in [6.45, 7) is 3.77. The molecule has 3 aromatic rings. The Kier molecular flexibility index (Phi) is 7.08. The normalized spacial score (nSPS) is 28.6. The number of allylic oxidation sites excluding steroid dienone is 2. The Morgan fingerprint density at radius 1 is 0.935 bits per heavy atom. The van der Waals surface area contributed by atoms with Gasteiger partial charge in [0.2, 0.25) is 23.6 Å². The molecule has 2 saturated heterocycles. The van der Waals surface area contributed by atoms with Gasteiger partial charge in [0.1, 0.15) is 17.3 Å². The highest BCUT2D eigenvalue weighted by Crippen LogP contribution is 2.64. The van der Waals surface area contributed by atoms with Crippen LogP contribution in [0.2, 0.25) is 5.02 Å². The Bertz CT molecular complexity index is 1860. The summed E-state index contributed by atoms with van der Waals surface area (Å²) in [6, 6.07) is 15.7. The number of aryl methyl sites for hydroxylation is 1. The van der Waals surface area contributed by atoms with E-state index in [4.69, 9.17) is 16.3 Å². The van der Waals surface area contributed by atoms with Crippen LogP contribution in [0, 0.1) is 34.9 Å². The van der Waals surface area contributed by atoms with Crippen LogP contribution in [0.1, 0.15) is 43.7 Å². The van der Waals surface area contributed by atoms with Gasteiger partial charge in [-0.1, -0.05) is 48.4 Å². The van der Waals surface area contributed by atoms with Crippen molar-refractivity contribution in [1.82, 2.24) is 0 Å². The predicted molar refractivity (Wildman–Crippen MR) is 169 cm³/mol. The molecule has 0 aromatic heterocycles. The van der Waals surface area contributed by atoms with E-state index in [-0.39, 0.29) is 34.7 Å². The Hall–Kier alpha value is -4.50. The van der Waals surface area contributed by atoms with Gasteiger partial charge in [0.25, 0.3) is 0 Å². The van der Waals surface area contributed by atoms with Crippen molar-refractivity contribution in [3.8, 4) is 11.5 Å². The molecule has 1 saturated carbocycles. The highest BCUT2D eigenvalue weighted by Gasteiger charge is 2.68. The smallest absolute Gasteiger partial charge is 0.241 e.